The number of hydrogen-bond donors (Lipinski definition) is 0. The summed E-state index contributed by atoms with van der Waals surface area (Å²) in [5, 5.41) is 0. The molecule has 3 rings (SSSR count). The molecule has 3 heterocycles. The third kappa shape index (κ3) is 1.07. The minimum atomic E-state index is -0.504. The van der Waals surface area contributed by atoms with Crippen molar-refractivity contribution in [3.63, 3.8) is 0 Å². The molecule has 0 aromatic heterocycles. The third-order valence-corrected chi connectivity index (χ3v) is 3.20. The fourth-order valence-electron chi connectivity index (χ4n) is 2.56. The first-order valence-corrected chi connectivity index (χ1v) is 4.89. The minimum Gasteiger partial charge on any atom is -0.455 e. The molecule has 0 aromatic carbocycles. The van der Waals surface area contributed by atoms with E-state index in [0.29, 0.717) is 6.42 Å². The number of rotatable bonds is 2. The van der Waals surface area contributed by atoms with Crippen molar-refractivity contribution in [1.29, 1.82) is 0 Å². The van der Waals surface area contributed by atoms with Gasteiger partial charge in [-0.15, -0.1) is 0 Å². The van der Waals surface area contributed by atoms with Crippen LogP contribution in [0.15, 0.2) is 12.7 Å². The van der Waals surface area contributed by atoms with Gasteiger partial charge in [0, 0.05) is 6.08 Å². The first-order chi connectivity index (χ1) is 7.20. The van der Waals surface area contributed by atoms with Crippen molar-refractivity contribution in [2.24, 2.45) is 5.92 Å². The first-order valence-electron chi connectivity index (χ1n) is 4.89. The largest absolute Gasteiger partial charge is 0.455 e. The van der Waals surface area contributed by atoms with E-state index in [4.69, 9.17) is 14.2 Å². The van der Waals surface area contributed by atoms with Gasteiger partial charge in [-0.25, -0.2) is 4.79 Å². The van der Waals surface area contributed by atoms with Crippen LogP contribution < -0.4 is 0 Å². The van der Waals surface area contributed by atoms with Crippen molar-refractivity contribution in [3.05, 3.63) is 12.7 Å². The van der Waals surface area contributed by atoms with E-state index < -0.39 is 18.2 Å². The van der Waals surface area contributed by atoms with Crippen LogP contribution in [0.25, 0.3) is 0 Å². The molecule has 15 heavy (non-hydrogen) atoms. The highest BCUT2D eigenvalue weighted by molar-refractivity contribution is 5.82. The molecule has 0 amide bonds. The Balaban J connectivity index is 1.80. The Hall–Kier alpha value is -1.36. The second-order valence-electron chi connectivity index (χ2n) is 3.99. The molecule has 3 aliphatic rings. The standard InChI is InChI=1S/C10H10O5/c1-2-6(11)14-8-5-3-4-7(13-5)9(8)15-10(4)12/h2,4-5,7-9H,1,3H2. The predicted octanol–water partition coefficient (Wildman–Crippen LogP) is -0.203. The van der Waals surface area contributed by atoms with E-state index >= 15 is 0 Å². The van der Waals surface area contributed by atoms with Crippen molar-refractivity contribution < 1.29 is 23.8 Å². The number of esters is 2. The lowest BCUT2D eigenvalue weighted by atomic mass is 9.88. The summed E-state index contributed by atoms with van der Waals surface area (Å²) in [5.74, 6) is -0.890. The summed E-state index contributed by atoms with van der Waals surface area (Å²) in [7, 11) is 0. The molecule has 5 nitrogen and oxygen atoms in total. The van der Waals surface area contributed by atoms with Crippen LogP contribution in [0.3, 0.4) is 0 Å². The minimum absolute atomic E-state index is 0.154. The van der Waals surface area contributed by atoms with Crippen molar-refractivity contribution in [3.8, 4) is 0 Å². The first kappa shape index (κ1) is 8.91. The van der Waals surface area contributed by atoms with Gasteiger partial charge in [0.1, 0.15) is 6.10 Å². The zero-order chi connectivity index (χ0) is 10.6. The lowest BCUT2D eigenvalue weighted by Crippen LogP contribution is -2.39. The van der Waals surface area contributed by atoms with Crippen LogP contribution >= 0.6 is 0 Å². The second kappa shape index (κ2) is 2.82. The Bertz CT molecular complexity index is 350. The number of ether oxygens (including phenoxy) is 3. The Morgan fingerprint density at radius 3 is 3.07 bits per heavy atom. The molecular weight excluding hydrogens is 200 g/mol. The molecule has 0 aromatic rings. The highest BCUT2D eigenvalue weighted by Gasteiger charge is 2.64. The zero-order valence-electron chi connectivity index (χ0n) is 7.92. The topological polar surface area (TPSA) is 61.8 Å². The number of hydrogen-bond acceptors (Lipinski definition) is 5. The number of carbonyl (C=O) groups excluding carboxylic acids is 2. The predicted molar refractivity (Wildman–Crippen MR) is 46.7 cm³/mol. The number of carbonyl (C=O) groups is 2. The molecule has 80 valence electrons. The molecule has 3 aliphatic heterocycles. The Kier molecular flexibility index (Phi) is 1.68. The summed E-state index contributed by atoms with van der Waals surface area (Å²) in [6, 6.07) is 0. The van der Waals surface area contributed by atoms with Crippen LogP contribution in [0.1, 0.15) is 6.42 Å². The maximum absolute atomic E-state index is 11.3. The molecule has 3 fully saturated rings. The number of fused-ring (bicyclic) bond motifs is 1. The van der Waals surface area contributed by atoms with Gasteiger partial charge in [-0.3, -0.25) is 4.79 Å². The van der Waals surface area contributed by atoms with Gasteiger partial charge in [0.25, 0.3) is 0 Å². The van der Waals surface area contributed by atoms with Crippen molar-refractivity contribution in [2.75, 3.05) is 0 Å². The van der Waals surface area contributed by atoms with E-state index in [1.807, 2.05) is 0 Å². The SMILES string of the molecule is C=CC(=O)OC1C2CC3C(=O)OC1C3O2. The summed E-state index contributed by atoms with van der Waals surface area (Å²) in [6.07, 6.45) is 0.411. The van der Waals surface area contributed by atoms with Gasteiger partial charge in [-0.1, -0.05) is 6.58 Å². The fourth-order valence-corrected chi connectivity index (χ4v) is 2.56. The van der Waals surface area contributed by atoms with Crippen LogP contribution in [0.4, 0.5) is 0 Å². The van der Waals surface area contributed by atoms with Crippen molar-refractivity contribution in [2.45, 2.75) is 30.8 Å². The van der Waals surface area contributed by atoms with E-state index in [1.165, 1.54) is 0 Å². The normalized spacial score (nSPS) is 45.3. The van der Waals surface area contributed by atoms with Gasteiger partial charge in [0.05, 0.1) is 12.0 Å². The molecule has 3 saturated heterocycles. The highest BCUT2D eigenvalue weighted by atomic mass is 16.7. The van der Waals surface area contributed by atoms with Gasteiger partial charge in [0.2, 0.25) is 0 Å². The van der Waals surface area contributed by atoms with E-state index in [-0.39, 0.29) is 24.1 Å². The molecule has 0 spiro atoms. The average molecular weight is 210 g/mol. The van der Waals surface area contributed by atoms with Gasteiger partial charge >= 0.3 is 11.9 Å². The quantitative estimate of drug-likeness (QED) is 0.466. The molecule has 5 atom stereocenters. The van der Waals surface area contributed by atoms with Crippen LogP contribution in [-0.4, -0.2) is 36.4 Å². The molecule has 0 saturated carbocycles. The fraction of sp³-hybridized carbons (Fsp3) is 0.600. The van der Waals surface area contributed by atoms with Crippen LogP contribution in [-0.2, 0) is 23.8 Å². The summed E-state index contributed by atoms with van der Waals surface area (Å²) in [5.41, 5.74) is 0. The second-order valence-corrected chi connectivity index (χ2v) is 3.99. The van der Waals surface area contributed by atoms with Crippen molar-refractivity contribution >= 4 is 11.9 Å². The average Bonchev–Trinajstić information content (AvgIpc) is 2.81. The van der Waals surface area contributed by atoms with Gasteiger partial charge < -0.3 is 14.2 Å². The molecule has 0 aliphatic carbocycles. The molecule has 5 heteroatoms. The summed E-state index contributed by atoms with van der Waals surface area (Å²) in [6.45, 7) is 3.32. The summed E-state index contributed by atoms with van der Waals surface area (Å²) in [4.78, 5) is 22.4. The zero-order valence-corrected chi connectivity index (χ0v) is 7.92. The monoisotopic (exact) mass is 210 g/mol. The summed E-state index contributed by atoms with van der Waals surface area (Å²) < 4.78 is 15.8. The molecule has 5 unspecified atom stereocenters. The van der Waals surface area contributed by atoms with Crippen LogP contribution in [0, 0.1) is 5.92 Å². The van der Waals surface area contributed by atoms with Gasteiger partial charge in [0.15, 0.2) is 12.2 Å². The molecular formula is C10H10O5. The molecule has 2 bridgehead atoms. The Labute approximate surface area is 86.0 Å². The Morgan fingerprint density at radius 1 is 1.53 bits per heavy atom. The Morgan fingerprint density at radius 2 is 2.33 bits per heavy atom. The van der Waals surface area contributed by atoms with Gasteiger partial charge in [-0.05, 0) is 6.42 Å². The molecule has 0 radical (unpaired) electrons. The van der Waals surface area contributed by atoms with E-state index in [0.717, 1.165) is 6.08 Å². The third-order valence-electron chi connectivity index (χ3n) is 3.20. The van der Waals surface area contributed by atoms with E-state index in [2.05, 4.69) is 6.58 Å². The van der Waals surface area contributed by atoms with Crippen molar-refractivity contribution in [1.82, 2.24) is 0 Å². The maximum atomic E-state index is 11.3. The highest BCUT2D eigenvalue weighted by Crippen LogP contribution is 2.47. The van der Waals surface area contributed by atoms with Crippen LogP contribution in [0.2, 0.25) is 0 Å². The van der Waals surface area contributed by atoms with Gasteiger partial charge in [-0.2, -0.15) is 0 Å². The van der Waals surface area contributed by atoms with E-state index in [1.54, 1.807) is 0 Å². The van der Waals surface area contributed by atoms with E-state index in [9.17, 15) is 9.59 Å². The van der Waals surface area contributed by atoms with Crippen LogP contribution in [0.5, 0.6) is 0 Å². The lowest BCUT2D eigenvalue weighted by molar-refractivity contribution is -0.156. The maximum Gasteiger partial charge on any atom is 0.330 e. The summed E-state index contributed by atoms with van der Waals surface area (Å²) >= 11 is 0. The lowest BCUT2D eigenvalue weighted by Gasteiger charge is -2.21. The smallest absolute Gasteiger partial charge is 0.330 e. The molecule has 0 N–H and O–H groups in total.